The molecule has 134 valence electrons. The lowest BCUT2D eigenvalue weighted by Crippen LogP contribution is -2.48. The number of alkyl carbamates (subject to hydrolysis) is 1. The van der Waals surface area contributed by atoms with Crippen molar-refractivity contribution < 1.29 is 19.1 Å². The second-order valence-electron chi connectivity index (χ2n) is 6.61. The zero-order valence-corrected chi connectivity index (χ0v) is 15.2. The first-order chi connectivity index (χ1) is 11.2. The standard InChI is InChI=1S/C18H28N2O4/c1-14(19-17(22)24-18(2,3)4)16(21)20(11-12-23-5)13-15-9-7-6-8-10-15/h6-10,14H,11-13H2,1-5H3,(H,19,22)/t14-/m1/s1. The maximum atomic E-state index is 12.7. The van der Waals surface area contributed by atoms with Crippen LogP contribution in [0.4, 0.5) is 4.79 Å². The predicted octanol–water partition coefficient (Wildman–Crippen LogP) is 2.57. The number of methoxy groups -OCH3 is 1. The number of carbonyl (C=O) groups is 2. The van der Waals surface area contributed by atoms with Gasteiger partial charge in [0, 0.05) is 20.2 Å². The molecule has 0 aliphatic heterocycles. The Bertz CT molecular complexity index is 526. The highest BCUT2D eigenvalue weighted by Crippen LogP contribution is 2.09. The van der Waals surface area contributed by atoms with Crippen molar-refractivity contribution in [1.29, 1.82) is 0 Å². The van der Waals surface area contributed by atoms with Crippen LogP contribution in [0.2, 0.25) is 0 Å². The molecule has 1 aromatic carbocycles. The first-order valence-electron chi connectivity index (χ1n) is 8.04. The number of nitrogens with one attached hydrogen (secondary N) is 1. The molecule has 6 heteroatoms. The summed E-state index contributed by atoms with van der Waals surface area (Å²) in [5, 5.41) is 2.59. The fourth-order valence-electron chi connectivity index (χ4n) is 2.09. The molecule has 0 saturated heterocycles. The summed E-state index contributed by atoms with van der Waals surface area (Å²) in [4.78, 5) is 26.2. The van der Waals surface area contributed by atoms with Crippen LogP contribution >= 0.6 is 0 Å². The molecule has 0 spiro atoms. The summed E-state index contributed by atoms with van der Waals surface area (Å²) in [6.07, 6.45) is -0.602. The number of amides is 2. The molecule has 0 unspecified atom stereocenters. The van der Waals surface area contributed by atoms with Crippen molar-refractivity contribution in [2.45, 2.75) is 45.9 Å². The monoisotopic (exact) mass is 336 g/mol. The number of carbonyl (C=O) groups excluding carboxylic acids is 2. The van der Waals surface area contributed by atoms with E-state index in [1.54, 1.807) is 39.7 Å². The van der Waals surface area contributed by atoms with E-state index in [-0.39, 0.29) is 5.91 Å². The van der Waals surface area contributed by atoms with Crippen molar-refractivity contribution in [2.75, 3.05) is 20.3 Å². The minimum Gasteiger partial charge on any atom is -0.444 e. The minimum atomic E-state index is -0.680. The average Bonchev–Trinajstić information content (AvgIpc) is 2.49. The predicted molar refractivity (Wildman–Crippen MR) is 92.6 cm³/mol. The maximum Gasteiger partial charge on any atom is 0.408 e. The molecule has 0 heterocycles. The Balaban J connectivity index is 2.70. The third kappa shape index (κ3) is 7.46. The van der Waals surface area contributed by atoms with Crippen LogP contribution in [-0.4, -0.2) is 48.8 Å². The summed E-state index contributed by atoms with van der Waals surface area (Å²) >= 11 is 0. The van der Waals surface area contributed by atoms with Crippen molar-refractivity contribution in [1.82, 2.24) is 10.2 Å². The van der Waals surface area contributed by atoms with Crippen LogP contribution in [0.1, 0.15) is 33.3 Å². The lowest BCUT2D eigenvalue weighted by atomic mass is 10.2. The SMILES string of the molecule is COCCN(Cc1ccccc1)C(=O)[C@@H](C)NC(=O)OC(C)(C)C. The second-order valence-corrected chi connectivity index (χ2v) is 6.61. The molecule has 24 heavy (non-hydrogen) atoms. The van der Waals surface area contributed by atoms with Crippen molar-refractivity contribution in [2.24, 2.45) is 0 Å². The summed E-state index contributed by atoms with van der Waals surface area (Å²) in [5.41, 5.74) is 0.415. The number of hydrogen-bond donors (Lipinski definition) is 1. The lowest BCUT2D eigenvalue weighted by Gasteiger charge is -2.27. The molecular formula is C18H28N2O4. The topological polar surface area (TPSA) is 67.9 Å². The highest BCUT2D eigenvalue weighted by atomic mass is 16.6. The minimum absolute atomic E-state index is 0.179. The molecule has 0 aliphatic carbocycles. The van der Waals surface area contributed by atoms with Crippen molar-refractivity contribution in [3.63, 3.8) is 0 Å². The molecule has 1 aromatic rings. The maximum absolute atomic E-state index is 12.7. The number of nitrogens with zero attached hydrogens (tertiary/aromatic N) is 1. The van der Waals surface area contributed by atoms with Gasteiger partial charge in [-0.2, -0.15) is 0 Å². The van der Waals surface area contributed by atoms with Crippen LogP contribution in [0.3, 0.4) is 0 Å². The largest absolute Gasteiger partial charge is 0.444 e. The first kappa shape index (κ1) is 20.0. The average molecular weight is 336 g/mol. The Morgan fingerprint density at radius 1 is 1.21 bits per heavy atom. The number of ether oxygens (including phenoxy) is 2. The van der Waals surface area contributed by atoms with E-state index in [1.165, 1.54) is 0 Å². The van der Waals surface area contributed by atoms with Gasteiger partial charge >= 0.3 is 6.09 Å². The molecule has 2 amide bonds. The van der Waals surface area contributed by atoms with Crippen LogP contribution in [0.25, 0.3) is 0 Å². The summed E-state index contributed by atoms with van der Waals surface area (Å²) in [5.74, 6) is -0.179. The molecule has 0 saturated carbocycles. The Morgan fingerprint density at radius 3 is 2.38 bits per heavy atom. The van der Waals surface area contributed by atoms with E-state index >= 15 is 0 Å². The van der Waals surface area contributed by atoms with E-state index in [4.69, 9.17) is 9.47 Å². The fourth-order valence-corrected chi connectivity index (χ4v) is 2.09. The highest BCUT2D eigenvalue weighted by molar-refractivity contribution is 5.85. The summed E-state index contributed by atoms with van der Waals surface area (Å²) < 4.78 is 10.3. The molecule has 0 radical (unpaired) electrons. The number of rotatable bonds is 7. The molecule has 1 rings (SSSR count). The molecule has 0 fully saturated rings. The van der Waals surface area contributed by atoms with Gasteiger partial charge in [-0.05, 0) is 33.3 Å². The van der Waals surface area contributed by atoms with Gasteiger partial charge in [0.05, 0.1) is 6.61 Å². The number of hydrogen-bond acceptors (Lipinski definition) is 4. The molecule has 1 atom stereocenters. The highest BCUT2D eigenvalue weighted by Gasteiger charge is 2.24. The van der Waals surface area contributed by atoms with Gasteiger partial charge in [-0.25, -0.2) is 4.79 Å². The van der Waals surface area contributed by atoms with Crippen molar-refractivity contribution >= 4 is 12.0 Å². The van der Waals surface area contributed by atoms with Crippen LogP contribution in [0.5, 0.6) is 0 Å². The molecule has 6 nitrogen and oxygen atoms in total. The third-order valence-corrected chi connectivity index (χ3v) is 3.20. The summed E-state index contributed by atoms with van der Waals surface area (Å²) in [6.45, 7) is 8.32. The van der Waals surface area contributed by atoms with Gasteiger partial charge < -0.3 is 19.7 Å². The van der Waals surface area contributed by atoms with E-state index in [2.05, 4.69) is 5.32 Å². The van der Waals surface area contributed by atoms with Gasteiger partial charge in [-0.15, -0.1) is 0 Å². The zero-order valence-electron chi connectivity index (χ0n) is 15.2. The van der Waals surface area contributed by atoms with Gasteiger partial charge in [0.2, 0.25) is 5.91 Å². The van der Waals surface area contributed by atoms with E-state index in [1.807, 2.05) is 30.3 Å². The van der Waals surface area contributed by atoms with Crippen molar-refractivity contribution in [3.05, 3.63) is 35.9 Å². The van der Waals surface area contributed by atoms with Gasteiger partial charge in [0.15, 0.2) is 0 Å². The van der Waals surface area contributed by atoms with Gasteiger partial charge in [-0.3, -0.25) is 4.79 Å². The summed E-state index contributed by atoms with van der Waals surface area (Å²) in [7, 11) is 1.59. The Morgan fingerprint density at radius 2 is 1.83 bits per heavy atom. The lowest BCUT2D eigenvalue weighted by molar-refractivity contribution is -0.134. The normalized spacial score (nSPS) is 12.4. The molecule has 0 aromatic heterocycles. The van der Waals surface area contributed by atoms with Crippen molar-refractivity contribution in [3.8, 4) is 0 Å². The molecule has 0 aliphatic rings. The number of benzene rings is 1. The van der Waals surface area contributed by atoms with Gasteiger partial charge in [0.25, 0.3) is 0 Å². The van der Waals surface area contributed by atoms with Crippen LogP contribution in [0, 0.1) is 0 Å². The fraction of sp³-hybridized carbons (Fsp3) is 0.556. The Labute approximate surface area is 144 Å². The summed E-state index contributed by atoms with van der Waals surface area (Å²) in [6, 6.07) is 9.02. The Kier molecular flexibility index (Phi) is 7.71. The molecular weight excluding hydrogens is 308 g/mol. The van der Waals surface area contributed by atoms with Crippen LogP contribution < -0.4 is 5.32 Å². The second kappa shape index (κ2) is 9.27. The smallest absolute Gasteiger partial charge is 0.408 e. The Hall–Kier alpha value is -2.08. The molecule has 1 N–H and O–H groups in total. The quantitative estimate of drug-likeness (QED) is 0.831. The van der Waals surface area contributed by atoms with E-state index in [9.17, 15) is 9.59 Å². The first-order valence-corrected chi connectivity index (χ1v) is 8.04. The van der Waals surface area contributed by atoms with Gasteiger partial charge in [0.1, 0.15) is 11.6 Å². The zero-order chi connectivity index (χ0) is 18.2. The van der Waals surface area contributed by atoms with E-state index in [0.29, 0.717) is 19.7 Å². The van der Waals surface area contributed by atoms with Crippen LogP contribution in [-0.2, 0) is 20.8 Å². The van der Waals surface area contributed by atoms with Crippen LogP contribution in [0.15, 0.2) is 30.3 Å². The molecule has 0 bridgehead atoms. The van der Waals surface area contributed by atoms with E-state index < -0.39 is 17.7 Å². The van der Waals surface area contributed by atoms with E-state index in [0.717, 1.165) is 5.56 Å². The third-order valence-electron chi connectivity index (χ3n) is 3.20. The van der Waals surface area contributed by atoms with Gasteiger partial charge in [-0.1, -0.05) is 30.3 Å².